The summed E-state index contributed by atoms with van der Waals surface area (Å²) in [4.78, 5) is 33.7. The van der Waals surface area contributed by atoms with Gasteiger partial charge in [0.15, 0.2) is 5.78 Å². The molecule has 1 saturated heterocycles. The zero-order valence-corrected chi connectivity index (χ0v) is 8.25. The molecule has 6 heteroatoms. The molecule has 1 amide bonds. The van der Waals surface area contributed by atoms with Gasteiger partial charge in [-0.3, -0.25) is 19.7 Å². The first-order valence-electron chi connectivity index (χ1n) is 4.64. The van der Waals surface area contributed by atoms with E-state index in [1.807, 2.05) is 0 Å². The van der Waals surface area contributed by atoms with Crippen LogP contribution in [0.5, 0.6) is 0 Å². The van der Waals surface area contributed by atoms with E-state index in [2.05, 4.69) is 0 Å². The fourth-order valence-electron chi connectivity index (χ4n) is 1.59. The van der Waals surface area contributed by atoms with Gasteiger partial charge in [0.05, 0.1) is 23.6 Å². The van der Waals surface area contributed by atoms with Gasteiger partial charge >= 0.3 is 0 Å². The highest BCUT2D eigenvalue weighted by atomic mass is 16.6. The Kier molecular flexibility index (Phi) is 2.40. The number of rotatable bonds is 2. The van der Waals surface area contributed by atoms with Gasteiger partial charge < -0.3 is 4.90 Å². The first-order chi connectivity index (χ1) is 7.58. The molecular weight excluding hydrogens is 212 g/mol. The van der Waals surface area contributed by atoms with Gasteiger partial charge in [0, 0.05) is 12.1 Å². The predicted octanol–water partition coefficient (Wildman–Crippen LogP) is 0.901. The number of Topliss-reactive ketones (excluding diaryl/α,β-unsaturated/α-hetero) is 1. The van der Waals surface area contributed by atoms with Crippen LogP contribution in [-0.4, -0.2) is 23.2 Å². The van der Waals surface area contributed by atoms with Crippen molar-refractivity contribution >= 4 is 23.1 Å². The molecule has 0 atom stereocenters. The Morgan fingerprint density at radius 1 is 1.31 bits per heavy atom. The van der Waals surface area contributed by atoms with E-state index in [9.17, 15) is 19.7 Å². The summed E-state index contributed by atoms with van der Waals surface area (Å²) in [6, 6.07) is 5.69. The summed E-state index contributed by atoms with van der Waals surface area (Å²) < 4.78 is 0. The van der Waals surface area contributed by atoms with Gasteiger partial charge in [-0.25, -0.2) is 0 Å². The van der Waals surface area contributed by atoms with Crippen molar-refractivity contribution in [3.63, 3.8) is 0 Å². The van der Waals surface area contributed by atoms with E-state index in [1.54, 1.807) is 6.07 Å². The van der Waals surface area contributed by atoms with E-state index in [1.165, 1.54) is 23.1 Å². The van der Waals surface area contributed by atoms with Gasteiger partial charge in [0.25, 0.3) is 5.69 Å². The van der Waals surface area contributed by atoms with Crippen molar-refractivity contribution in [2.75, 3.05) is 11.4 Å². The average Bonchev–Trinajstić information content (AvgIpc) is 2.58. The molecule has 1 heterocycles. The number of carbonyl (C=O) groups excluding carboxylic acids is 2. The maximum absolute atomic E-state index is 11.4. The Bertz CT molecular complexity index is 483. The van der Waals surface area contributed by atoms with Crippen LogP contribution in [0.1, 0.15) is 6.42 Å². The van der Waals surface area contributed by atoms with Crippen LogP contribution in [0.25, 0.3) is 0 Å². The lowest BCUT2D eigenvalue weighted by Crippen LogP contribution is -2.24. The lowest BCUT2D eigenvalue weighted by Gasteiger charge is -2.13. The Balaban J connectivity index is 2.34. The van der Waals surface area contributed by atoms with Crippen molar-refractivity contribution in [1.82, 2.24) is 0 Å². The topological polar surface area (TPSA) is 80.5 Å². The smallest absolute Gasteiger partial charge is 0.271 e. The first kappa shape index (κ1) is 10.3. The molecule has 1 aromatic rings. The summed E-state index contributed by atoms with van der Waals surface area (Å²) in [6.45, 7) is 0.000000945. The number of nitro groups is 1. The van der Waals surface area contributed by atoms with Crippen molar-refractivity contribution in [1.29, 1.82) is 0 Å². The Labute approximate surface area is 90.6 Å². The van der Waals surface area contributed by atoms with Crippen LogP contribution in [0.2, 0.25) is 0 Å². The Morgan fingerprint density at radius 2 is 2.06 bits per heavy atom. The molecule has 0 spiro atoms. The zero-order chi connectivity index (χ0) is 11.7. The number of ketones is 1. The third kappa shape index (κ3) is 1.77. The maximum Gasteiger partial charge on any atom is 0.271 e. The van der Waals surface area contributed by atoms with Gasteiger partial charge in [0.1, 0.15) is 0 Å². The number of anilines is 1. The van der Waals surface area contributed by atoms with Gasteiger partial charge in [-0.2, -0.15) is 0 Å². The summed E-state index contributed by atoms with van der Waals surface area (Å²) in [5, 5.41) is 10.5. The van der Waals surface area contributed by atoms with Gasteiger partial charge in [-0.05, 0) is 6.07 Å². The molecule has 6 nitrogen and oxygen atoms in total. The van der Waals surface area contributed by atoms with Gasteiger partial charge in [0.2, 0.25) is 5.91 Å². The van der Waals surface area contributed by atoms with E-state index in [0.717, 1.165) is 0 Å². The average molecular weight is 220 g/mol. The molecular formula is C10H8N2O4. The Morgan fingerprint density at radius 3 is 2.62 bits per heavy atom. The molecule has 0 saturated carbocycles. The minimum atomic E-state index is -0.536. The van der Waals surface area contributed by atoms with E-state index in [4.69, 9.17) is 0 Å². The maximum atomic E-state index is 11.4. The standard InChI is InChI=1S/C10H8N2O4/c13-9-5-10(14)11(6-9)7-2-1-3-8(4-7)12(15)16/h1-4H,5-6H2. The minimum Gasteiger partial charge on any atom is -0.304 e. The third-order valence-electron chi connectivity index (χ3n) is 2.34. The molecule has 2 rings (SSSR count). The third-order valence-corrected chi connectivity index (χ3v) is 2.34. The van der Waals surface area contributed by atoms with Crippen LogP contribution in [-0.2, 0) is 9.59 Å². The van der Waals surface area contributed by atoms with Crippen molar-refractivity contribution in [3.8, 4) is 0 Å². The second-order valence-corrected chi connectivity index (χ2v) is 3.47. The molecule has 1 aliphatic rings. The highest BCUT2D eigenvalue weighted by molar-refractivity contribution is 6.15. The van der Waals surface area contributed by atoms with Crippen LogP contribution >= 0.6 is 0 Å². The molecule has 0 N–H and O–H groups in total. The molecule has 1 aliphatic heterocycles. The second-order valence-electron chi connectivity index (χ2n) is 3.47. The zero-order valence-electron chi connectivity index (χ0n) is 8.25. The van der Waals surface area contributed by atoms with Crippen molar-refractivity contribution in [2.24, 2.45) is 0 Å². The molecule has 0 aliphatic carbocycles. The number of non-ortho nitro benzene ring substituents is 1. The molecule has 0 bridgehead atoms. The first-order valence-corrected chi connectivity index (χ1v) is 4.64. The van der Waals surface area contributed by atoms with Crippen LogP contribution in [0.15, 0.2) is 24.3 Å². The van der Waals surface area contributed by atoms with Crippen LogP contribution in [0.4, 0.5) is 11.4 Å². The van der Waals surface area contributed by atoms with Crippen LogP contribution in [0, 0.1) is 10.1 Å². The summed E-state index contributed by atoms with van der Waals surface area (Å²) in [5.74, 6) is -0.484. The van der Waals surface area contributed by atoms with Gasteiger partial charge in [-0.1, -0.05) is 6.07 Å². The van der Waals surface area contributed by atoms with Crippen LogP contribution < -0.4 is 4.90 Å². The lowest BCUT2D eigenvalue weighted by atomic mass is 10.2. The van der Waals surface area contributed by atoms with Crippen molar-refractivity contribution in [2.45, 2.75) is 6.42 Å². The molecule has 1 aromatic carbocycles. The van der Waals surface area contributed by atoms with E-state index >= 15 is 0 Å². The number of nitrogens with zero attached hydrogens (tertiary/aromatic N) is 2. The highest BCUT2D eigenvalue weighted by Crippen LogP contribution is 2.23. The fraction of sp³-hybridized carbons (Fsp3) is 0.200. The number of amides is 1. The Hall–Kier alpha value is -2.24. The number of benzene rings is 1. The molecule has 1 fully saturated rings. The van der Waals surface area contributed by atoms with Crippen molar-refractivity contribution < 1.29 is 14.5 Å². The predicted molar refractivity (Wildman–Crippen MR) is 55.1 cm³/mol. The largest absolute Gasteiger partial charge is 0.304 e. The van der Waals surface area contributed by atoms with E-state index in [-0.39, 0.29) is 30.3 Å². The second kappa shape index (κ2) is 3.73. The van der Waals surface area contributed by atoms with Crippen LogP contribution in [0.3, 0.4) is 0 Å². The quantitative estimate of drug-likeness (QED) is 0.421. The number of carbonyl (C=O) groups is 2. The monoisotopic (exact) mass is 220 g/mol. The summed E-state index contributed by atoms with van der Waals surface area (Å²) in [6.07, 6.45) is -0.122. The SMILES string of the molecule is O=C1CC(=O)N(c2cccc([N+](=O)[O-])c2)C1. The van der Waals surface area contributed by atoms with E-state index < -0.39 is 4.92 Å². The number of hydrogen-bond acceptors (Lipinski definition) is 4. The van der Waals surface area contributed by atoms with Gasteiger partial charge in [-0.15, -0.1) is 0 Å². The summed E-state index contributed by atoms with van der Waals surface area (Å²) in [5.41, 5.74) is 0.301. The summed E-state index contributed by atoms with van der Waals surface area (Å²) in [7, 11) is 0. The summed E-state index contributed by atoms with van der Waals surface area (Å²) >= 11 is 0. The number of nitro benzene ring substituents is 1. The minimum absolute atomic E-state index is 0.000000945. The number of hydrogen-bond donors (Lipinski definition) is 0. The fourth-order valence-corrected chi connectivity index (χ4v) is 1.59. The molecule has 0 aromatic heterocycles. The van der Waals surface area contributed by atoms with E-state index in [0.29, 0.717) is 5.69 Å². The molecule has 16 heavy (non-hydrogen) atoms. The van der Waals surface area contributed by atoms with Crippen molar-refractivity contribution in [3.05, 3.63) is 34.4 Å². The highest BCUT2D eigenvalue weighted by Gasteiger charge is 2.29. The molecule has 0 unspecified atom stereocenters. The normalized spacial score (nSPS) is 15.6. The lowest BCUT2D eigenvalue weighted by molar-refractivity contribution is -0.384. The molecule has 0 radical (unpaired) electrons. The molecule has 82 valence electrons.